The fourth-order valence-electron chi connectivity index (χ4n) is 1.97. The maximum Gasteiger partial charge on any atom is 0.222 e. The zero-order valence-electron chi connectivity index (χ0n) is 10.3. The van der Waals surface area contributed by atoms with Crippen LogP contribution in [-0.4, -0.2) is 35.8 Å². The van der Waals surface area contributed by atoms with Gasteiger partial charge in [-0.1, -0.05) is 13.8 Å². The zero-order chi connectivity index (χ0) is 12.0. The summed E-state index contributed by atoms with van der Waals surface area (Å²) >= 11 is 0. The summed E-state index contributed by atoms with van der Waals surface area (Å²) in [6, 6.07) is 0.262. The Kier molecular flexibility index (Phi) is 5.29. The number of carbonyl (C=O) groups is 2. The van der Waals surface area contributed by atoms with Crippen molar-refractivity contribution in [3.05, 3.63) is 0 Å². The molecule has 92 valence electrons. The Morgan fingerprint density at radius 1 is 1.25 bits per heavy atom. The highest BCUT2D eigenvalue weighted by Gasteiger charge is 2.22. The first-order valence-corrected chi connectivity index (χ1v) is 6.24. The van der Waals surface area contributed by atoms with E-state index in [1.165, 1.54) is 0 Å². The number of amides is 2. The number of piperidine rings is 1. The number of hydrogen-bond donors (Lipinski definition) is 1. The SMILES string of the molecule is CCCC(=O)N1CCC(NC(=O)CC)CC1. The highest BCUT2D eigenvalue weighted by Crippen LogP contribution is 2.12. The smallest absolute Gasteiger partial charge is 0.222 e. The maximum atomic E-state index is 11.6. The number of rotatable bonds is 4. The number of carbonyl (C=O) groups excluding carboxylic acids is 2. The second kappa shape index (κ2) is 6.51. The fraction of sp³-hybridized carbons (Fsp3) is 0.833. The first kappa shape index (κ1) is 13.0. The zero-order valence-corrected chi connectivity index (χ0v) is 10.3. The van der Waals surface area contributed by atoms with Gasteiger partial charge in [0, 0.05) is 32.0 Å². The molecule has 4 heteroatoms. The van der Waals surface area contributed by atoms with E-state index in [0.717, 1.165) is 32.4 Å². The highest BCUT2D eigenvalue weighted by atomic mass is 16.2. The van der Waals surface area contributed by atoms with E-state index in [4.69, 9.17) is 0 Å². The molecule has 0 aromatic carbocycles. The second-order valence-corrected chi connectivity index (χ2v) is 4.33. The Morgan fingerprint density at radius 2 is 1.88 bits per heavy atom. The molecule has 1 N–H and O–H groups in total. The lowest BCUT2D eigenvalue weighted by Crippen LogP contribution is -2.46. The fourth-order valence-corrected chi connectivity index (χ4v) is 1.97. The van der Waals surface area contributed by atoms with E-state index < -0.39 is 0 Å². The van der Waals surface area contributed by atoms with Crippen LogP contribution in [0.1, 0.15) is 46.0 Å². The van der Waals surface area contributed by atoms with Crippen molar-refractivity contribution < 1.29 is 9.59 Å². The molecule has 1 aliphatic rings. The third kappa shape index (κ3) is 3.83. The molecule has 0 spiro atoms. The Bertz CT molecular complexity index is 245. The van der Waals surface area contributed by atoms with Crippen molar-refractivity contribution in [1.82, 2.24) is 10.2 Å². The van der Waals surface area contributed by atoms with Gasteiger partial charge in [-0.3, -0.25) is 9.59 Å². The van der Waals surface area contributed by atoms with Crippen LogP contribution in [0.4, 0.5) is 0 Å². The standard InChI is InChI=1S/C12H22N2O2/c1-3-5-12(16)14-8-6-10(7-9-14)13-11(15)4-2/h10H,3-9H2,1-2H3,(H,13,15). The number of nitrogens with zero attached hydrogens (tertiary/aromatic N) is 1. The van der Waals surface area contributed by atoms with Crippen LogP contribution in [0.3, 0.4) is 0 Å². The van der Waals surface area contributed by atoms with Crippen molar-refractivity contribution in [3.8, 4) is 0 Å². The van der Waals surface area contributed by atoms with E-state index >= 15 is 0 Å². The molecule has 0 aromatic rings. The number of nitrogens with one attached hydrogen (secondary N) is 1. The first-order chi connectivity index (χ1) is 7.67. The van der Waals surface area contributed by atoms with Gasteiger partial charge in [0.1, 0.15) is 0 Å². The van der Waals surface area contributed by atoms with Gasteiger partial charge < -0.3 is 10.2 Å². The van der Waals surface area contributed by atoms with E-state index in [2.05, 4.69) is 5.32 Å². The number of likely N-dealkylation sites (tertiary alicyclic amines) is 1. The van der Waals surface area contributed by atoms with Crippen molar-refractivity contribution in [2.75, 3.05) is 13.1 Å². The summed E-state index contributed by atoms with van der Waals surface area (Å²) in [5.41, 5.74) is 0. The van der Waals surface area contributed by atoms with Crippen LogP contribution in [-0.2, 0) is 9.59 Å². The van der Waals surface area contributed by atoms with Crippen molar-refractivity contribution >= 4 is 11.8 Å². The monoisotopic (exact) mass is 226 g/mol. The highest BCUT2D eigenvalue weighted by molar-refractivity contribution is 5.77. The molecule has 1 heterocycles. The van der Waals surface area contributed by atoms with E-state index in [1.54, 1.807) is 0 Å². The molecular weight excluding hydrogens is 204 g/mol. The molecule has 0 radical (unpaired) electrons. The normalized spacial score (nSPS) is 17.2. The minimum Gasteiger partial charge on any atom is -0.353 e. The van der Waals surface area contributed by atoms with Gasteiger partial charge in [-0.05, 0) is 19.3 Å². The molecule has 0 aromatic heterocycles. The van der Waals surface area contributed by atoms with Gasteiger partial charge in [0.05, 0.1) is 0 Å². The lowest BCUT2D eigenvalue weighted by atomic mass is 10.0. The second-order valence-electron chi connectivity index (χ2n) is 4.33. The van der Waals surface area contributed by atoms with Crippen LogP contribution in [0.2, 0.25) is 0 Å². The molecule has 0 aliphatic carbocycles. The Labute approximate surface area is 97.4 Å². The van der Waals surface area contributed by atoms with E-state index in [0.29, 0.717) is 12.8 Å². The summed E-state index contributed by atoms with van der Waals surface area (Å²) in [7, 11) is 0. The third-order valence-corrected chi connectivity index (χ3v) is 3.00. The van der Waals surface area contributed by atoms with Crippen molar-refractivity contribution in [2.45, 2.75) is 52.0 Å². The molecule has 2 amide bonds. The predicted molar refractivity (Wildman–Crippen MR) is 62.9 cm³/mol. The van der Waals surface area contributed by atoms with Gasteiger partial charge in [0.25, 0.3) is 0 Å². The van der Waals surface area contributed by atoms with Crippen LogP contribution in [0, 0.1) is 0 Å². The Hall–Kier alpha value is -1.06. The average Bonchev–Trinajstić information content (AvgIpc) is 2.30. The molecule has 1 rings (SSSR count). The van der Waals surface area contributed by atoms with Crippen LogP contribution in [0.5, 0.6) is 0 Å². The number of hydrogen-bond acceptors (Lipinski definition) is 2. The first-order valence-electron chi connectivity index (χ1n) is 6.24. The van der Waals surface area contributed by atoms with Crippen LogP contribution >= 0.6 is 0 Å². The quantitative estimate of drug-likeness (QED) is 0.785. The summed E-state index contributed by atoms with van der Waals surface area (Å²) in [6.07, 6.45) is 3.87. The van der Waals surface area contributed by atoms with Gasteiger partial charge in [0.15, 0.2) is 0 Å². The van der Waals surface area contributed by atoms with Gasteiger partial charge in [-0.25, -0.2) is 0 Å². The summed E-state index contributed by atoms with van der Waals surface area (Å²) in [6.45, 7) is 5.45. The average molecular weight is 226 g/mol. The van der Waals surface area contributed by atoms with Crippen molar-refractivity contribution in [2.24, 2.45) is 0 Å². The van der Waals surface area contributed by atoms with Gasteiger partial charge >= 0.3 is 0 Å². The molecule has 16 heavy (non-hydrogen) atoms. The lowest BCUT2D eigenvalue weighted by Gasteiger charge is -2.32. The minimum atomic E-state index is 0.110. The largest absolute Gasteiger partial charge is 0.353 e. The van der Waals surface area contributed by atoms with Gasteiger partial charge in [0.2, 0.25) is 11.8 Å². The Morgan fingerprint density at radius 3 is 2.38 bits per heavy atom. The van der Waals surface area contributed by atoms with Crippen LogP contribution < -0.4 is 5.32 Å². The topological polar surface area (TPSA) is 49.4 Å². The molecule has 1 aliphatic heterocycles. The Balaban J connectivity index is 2.28. The summed E-state index contributed by atoms with van der Waals surface area (Å²) in [4.78, 5) is 24.7. The minimum absolute atomic E-state index is 0.110. The molecule has 0 bridgehead atoms. The van der Waals surface area contributed by atoms with Crippen LogP contribution in [0.25, 0.3) is 0 Å². The van der Waals surface area contributed by atoms with Crippen molar-refractivity contribution in [1.29, 1.82) is 0 Å². The molecule has 0 unspecified atom stereocenters. The van der Waals surface area contributed by atoms with E-state index in [-0.39, 0.29) is 17.9 Å². The van der Waals surface area contributed by atoms with E-state index in [9.17, 15) is 9.59 Å². The van der Waals surface area contributed by atoms with Gasteiger partial charge in [-0.2, -0.15) is 0 Å². The maximum absolute atomic E-state index is 11.6. The molecule has 0 saturated carbocycles. The predicted octanol–water partition coefficient (Wildman–Crippen LogP) is 1.30. The molecule has 4 nitrogen and oxygen atoms in total. The van der Waals surface area contributed by atoms with Gasteiger partial charge in [-0.15, -0.1) is 0 Å². The van der Waals surface area contributed by atoms with Crippen molar-refractivity contribution in [3.63, 3.8) is 0 Å². The van der Waals surface area contributed by atoms with Crippen LogP contribution in [0.15, 0.2) is 0 Å². The molecular formula is C12H22N2O2. The summed E-state index contributed by atoms with van der Waals surface area (Å²) in [5.74, 6) is 0.362. The molecule has 0 atom stereocenters. The summed E-state index contributed by atoms with van der Waals surface area (Å²) < 4.78 is 0. The molecule has 1 fully saturated rings. The summed E-state index contributed by atoms with van der Waals surface area (Å²) in [5, 5.41) is 2.98. The molecule has 1 saturated heterocycles. The van der Waals surface area contributed by atoms with E-state index in [1.807, 2.05) is 18.7 Å². The lowest BCUT2D eigenvalue weighted by molar-refractivity contribution is -0.132. The third-order valence-electron chi connectivity index (χ3n) is 3.00.